The summed E-state index contributed by atoms with van der Waals surface area (Å²) in [6.45, 7) is 2.79. The predicted octanol–water partition coefficient (Wildman–Crippen LogP) is 3.51. The van der Waals surface area contributed by atoms with Crippen molar-refractivity contribution in [2.24, 2.45) is 11.7 Å². The first-order valence-electron chi connectivity index (χ1n) is 6.53. The largest absolute Gasteiger partial charge is 0.330 e. The van der Waals surface area contributed by atoms with Crippen molar-refractivity contribution >= 4 is 15.9 Å². The molecule has 3 heteroatoms. The Morgan fingerprint density at radius 3 is 2.42 bits per heavy atom. The SMILES string of the molecule is Cc1ccc(CC(CN)Cc2ccc(Br)cn2)cc1. The summed E-state index contributed by atoms with van der Waals surface area (Å²) in [4.78, 5) is 4.42. The molecule has 0 aliphatic rings. The van der Waals surface area contributed by atoms with E-state index in [4.69, 9.17) is 5.73 Å². The molecule has 0 amide bonds. The van der Waals surface area contributed by atoms with Crippen molar-refractivity contribution in [1.82, 2.24) is 4.98 Å². The minimum atomic E-state index is 0.441. The van der Waals surface area contributed by atoms with Gasteiger partial charge in [0.1, 0.15) is 0 Å². The summed E-state index contributed by atoms with van der Waals surface area (Å²) in [6, 6.07) is 12.8. The maximum absolute atomic E-state index is 5.89. The van der Waals surface area contributed by atoms with Crippen molar-refractivity contribution in [1.29, 1.82) is 0 Å². The molecule has 100 valence electrons. The van der Waals surface area contributed by atoms with Crippen LogP contribution in [-0.4, -0.2) is 11.5 Å². The van der Waals surface area contributed by atoms with Crippen molar-refractivity contribution in [3.05, 3.63) is 63.9 Å². The van der Waals surface area contributed by atoms with Gasteiger partial charge in [0, 0.05) is 16.4 Å². The predicted molar refractivity (Wildman–Crippen MR) is 83.1 cm³/mol. The molecular weight excluding hydrogens is 300 g/mol. The molecule has 1 unspecified atom stereocenters. The molecule has 1 aromatic heterocycles. The summed E-state index contributed by atoms with van der Waals surface area (Å²) >= 11 is 3.40. The molecule has 0 radical (unpaired) electrons. The molecule has 0 saturated heterocycles. The highest BCUT2D eigenvalue weighted by Crippen LogP contribution is 2.15. The Morgan fingerprint density at radius 1 is 1.11 bits per heavy atom. The number of nitrogens with zero attached hydrogens (tertiary/aromatic N) is 1. The van der Waals surface area contributed by atoms with Crippen LogP contribution in [0.5, 0.6) is 0 Å². The van der Waals surface area contributed by atoms with Gasteiger partial charge >= 0.3 is 0 Å². The van der Waals surface area contributed by atoms with Gasteiger partial charge in [-0.15, -0.1) is 0 Å². The number of hydrogen-bond acceptors (Lipinski definition) is 2. The van der Waals surface area contributed by atoms with Crippen LogP contribution in [0.2, 0.25) is 0 Å². The Morgan fingerprint density at radius 2 is 1.84 bits per heavy atom. The highest BCUT2D eigenvalue weighted by atomic mass is 79.9. The maximum atomic E-state index is 5.89. The Bertz CT molecular complexity index is 458. The molecule has 0 fully saturated rings. The van der Waals surface area contributed by atoms with E-state index < -0.39 is 0 Å². The molecule has 2 rings (SSSR count). The van der Waals surface area contributed by atoms with E-state index in [1.165, 1.54) is 11.1 Å². The van der Waals surface area contributed by atoms with E-state index in [0.29, 0.717) is 12.5 Å². The second-order valence-corrected chi connectivity index (χ2v) is 5.88. The monoisotopic (exact) mass is 318 g/mol. The summed E-state index contributed by atoms with van der Waals surface area (Å²) < 4.78 is 1.01. The molecule has 0 aliphatic heterocycles. The first-order valence-corrected chi connectivity index (χ1v) is 7.32. The van der Waals surface area contributed by atoms with Gasteiger partial charge in [0.2, 0.25) is 0 Å². The summed E-state index contributed by atoms with van der Waals surface area (Å²) in [5, 5.41) is 0. The van der Waals surface area contributed by atoms with Crippen LogP contribution >= 0.6 is 15.9 Å². The Balaban J connectivity index is 2.00. The number of rotatable bonds is 5. The average Bonchev–Trinajstić information content (AvgIpc) is 2.43. The zero-order valence-electron chi connectivity index (χ0n) is 11.1. The summed E-state index contributed by atoms with van der Waals surface area (Å²) in [5.41, 5.74) is 9.63. The van der Waals surface area contributed by atoms with Crippen LogP contribution in [0.25, 0.3) is 0 Å². The Labute approximate surface area is 123 Å². The minimum Gasteiger partial charge on any atom is -0.330 e. The Kier molecular flexibility index (Phi) is 5.11. The third-order valence-corrected chi connectivity index (χ3v) is 3.73. The highest BCUT2D eigenvalue weighted by Gasteiger charge is 2.10. The number of halogens is 1. The van der Waals surface area contributed by atoms with E-state index in [0.717, 1.165) is 23.0 Å². The minimum absolute atomic E-state index is 0.441. The second-order valence-electron chi connectivity index (χ2n) is 4.96. The van der Waals surface area contributed by atoms with Crippen LogP contribution in [0.1, 0.15) is 16.8 Å². The van der Waals surface area contributed by atoms with Crippen LogP contribution in [0, 0.1) is 12.8 Å². The number of nitrogens with two attached hydrogens (primary N) is 1. The molecule has 0 bridgehead atoms. The quantitative estimate of drug-likeness (QED) is 0.916. The Hall–Kier alpha value is -1.19. The number of hydrogen-bond donors (Lipinski definition) is 1. The fraction of sp³-hybridized carbons (Fsp3) is 0.312. The topological polar surface area (TPSA) is 38.9 Å². The van der Waals surface area contributed by atoms with Gasteiger partial charge in [0.25, 0.3) is 0 Å². The van der Waals surface area contributed by atoms with E-state index >= 15 is 0 Å². The summed E-state index contributed by atoms with van der Waals surface area (Å²) in [5.74, 6) is 0.441. The molecule has 0 saturated carbocycles. The summed E-state index contributed by atoms with van der Waals surface area (Å²) in [6.07, 6.45) is 3.78. The smallest absolute Gasteiger partial charge is 0.0413 e. The molecule has 2 aromatic rings. The molecule has 1 aromatic carbocycles. The number of benzene rings is 1. The van der Waals surface area contributed by atoms with Gasteiger partial charge in [-0.25, -0.2) is 0 Å². The summed E-state index contributed by atoms with van der Waals surface area (Å²) in [7, 11) is 0. The third-order valence-electron chi connectivity index (χ3n) is 3.26. The fourth-order valence-electron chi connectivity index (χ4n) is 2.12. The van der Waals surface area contributed by atoms with Gasteiger partial charge in [0.15, 0.2) is 0 Å². The van der Waals surface area contributed by atoms with Gasteiger partial charge in [0.05, 0.1) is 0 Å². The lowest BCUT2D eigenvalue weighted by Crippen LogP contribution is -2.19. The van der Waals surface area contributed by atoms with E-state index in [1.54, 1.807) is 0 Å². The van der Waals surface area contributed by atoms with E-state index in [9.17, 15) is 0 Å². The average molecular weight is 319 g/mol. The van der Waals surface area contributed by atoms with Gasteiger partial charge < -0.3 is 5.73 Å². The second kappa shape index (κ2) is 6.83. The normalized spacial score (nSPS) is 12.4. The molecule has 19 heavy (non-hydrogen) atoms. The van der Waals surface area contributed by atoms with Crippen LogP contribution < -0.4 is 5.73 Å². The number of aromatic nitrogens is 1. The zero-order valence-corrected chi connectivity index (χ0v) is 12.7. The van der Waals surface area contributed by atoms with Crippen LogP contribution in [0.3, 0.4) is 0 Å². The van der Waals surface area contributed by atoms with Gasteiger partial charge in [-0.05, 0) is 65.9 Å². The first kappa shape index (κ1) is 14.2. The van der Waals surface area contributed by atoms with Gasteiger partial charge in [-0.1, -0.05) is 29.8 Å². The van der Waals surface area contributed by atoms with Crippen molar-refractivity contribution in [3.63, 3.8) is 0 Å². The molecule has 1 atom stereocenters. The molecule has 0 aliphatic carbocycles. The van der Waals surface area contributed by atoms with E-state index in [-0.39, 0.29) is 0 Å². The zero-order chi connectivity index (χ0) is 13.7. The lowest BCUT2D eigenvalue weighted by Gasteiger charge is -2.14. The molecule has 2 N–H and O–H groups in total. The highest BCUT2D eigenvalue weighted by molar-refractivity contribution is 9.10. The maximum Gasteiger partial charge on any atom is 0.0413 e. The lowest BCUT2D eigenvalue weighted by molar-refractivity contribution is 0.526. The molecule has 1 heterocycles. The third kappa shape index (κ3) is 4.44. The van der Waals surface area contributed by atoms with E-state index in [1.807, 2.05) is 12.3 Å². The molecular formula is C16H19BrN2. The van der Waals surface area contributed by atoms with Gasteiger partial charge in [-0.3, -0.25) is 4.98 Å². The van der Waals surface area contributed by atoms with Crippen molar-refractivity contribution in [2.45, 2.75) is 19.8 Å². The van der Waals surface area contributed by atoms with Crippen LogP contribution in [-0.2, 0) is 12.8 Å². The number of pyridine rings is 1. The standard InChI is InChI=1S/C16H19BrN2/c1-12-2-4-13(5-3-12)8-14(10-18)9-16-7-6-15(17)11-19-16/h2-7,11,14H,8-10,18H2,1H3. The van der Waals surface area contributed by atoms with Crippen LogP contribution in [0.15, 0.2) is 47.1 Å². The fourth-order valence-corrected chi connectivity index (χ4v) is 2.35. The lowest BCUT2D eigenvalue weighted by atomic mass is 9.94. The van der Waals surface area contributed by atoms with Crippen molar-refractivity contribution in [2.75, 3.05) is 6.54 Å². The first-order chi connectivity index (χ1) is 9.17. The van der Waals surface area contributed by atoms with Crippen molar-refractivity contribution < 1.29 is 0 Å². The van der Waals surface area contributed by atoms with Gasteiger partial charge in [-0.2, -0.15) is 0 Å². The molecule has 0 spiro atoms. The number of aryl methyl sites for hydroxylation is 1. The van der Waals surface area contributed by atoms with E-state index in [2.05, 4.69) is 58.2 Å². The van der Waals surface area contributed by atoms with Crippen LogP contribution in [0.4, 0.5) is 0 Å². The molecule has 2 nitrogen and oxygen atoms in total. The van der Waals surface area contributed by atoms with Crippen molar-refractivity contribution in [3.8, 4) is 0 Å².